The molecule has 262 valence electrons. The third kappa shape index (κ3) is 5.55. The maximum Gasteiger partial charge on any atom is 0.160 e. The van der Waals surface area contributed by atoms with Crippen molar-refractivity contribution >= 4 is 43.9 Å². The van der Waals surface area contributed by atoms with Crippen LogP contribution in [0.4, 0.5) is 0 Å². The van der Waals surface area contributed by atoms with Crippen LogP contribution >= 0.6 is 0 Å². The monoisotopic (exact) mass is 716 g/mol. The first-order valence-electron chi connectivity index (χ1n) is 18.8. The summed E-state index contributed by atoms with van der Waals surface area (Å²) in [6.45, 7) is 0. The van der Waals surface area contributed by atoms with E-state index in [1.54, 1.807) is 0 Å². The van der Waals surface area contributed by atoms with Crippen LogP contribution in [0.3, 0.4) is 0 Å². The van der Waals surface area contributed by atoms with Crippen LogP contribution in [0.15, 0.2) is 203 Å². The average molecular weight is 717 g/mol. The molecule has 0 aliphatic heterocycles. The molecule has 4 heteroatoms. The zero-order valence-electron chi connectivity index (χ0n) is 30.2. The van der Waals surface area contributed by atoms with Crippen LogP contribution in [0, 0.1) is 0 Å². The third-order valence-electron chi connectivity index (χ3n) is 10.7. The molecule has 0 saturated carbocycles. The van der Waals surface area contributed by atoms with Crippen LogP contribution in [-0.2, 0) is 0 Å². The van der Waals surface area contributed by atoms with E-state index in [1.807, 2.05) is 48.5 Å². The molecule has 0 aliphatic rings. The number of fused-ring (bicyclic) bond motifs is 6. The largest absolute Gasteiger partial charge is 0.456 e. The van der Waals surface area contributed by atoms with Crippen molar-refractivity contribution in [1.82, 2.24) is 9.97 Å². The highest BCUT2D eigenvalue weighted by atomic mass is 16.3. The van der Waals surface area contributed by atoms with Crippen molar-refractivity contribution in [3.05, 3.63) is 194 Å². The van der Waals surface area contributed by atoms with E-state index < -0.39 is 0 Å². The zero-order valence-corrected chi connectivity index (χ0v) is 30.2. The second kappa shape index (κ2) is 13.1. The molecule has 0 bridgehead atoms. The molecule has 0 fully saturated rings. The van der Waals surface area contributed by atoms with Crippen molar-refractivity contribution < 1.29 is 8.83 Å². The molecule has 0 spiro atoms. The molecule has 8 aromatic carbocycles. The van der Waals surface area contributed by atoms with E-state index in [1.165, 1.54) is 0 Å². The normalized spacial score (nSPS) is 11.6. The summed E-state index contributed by atoms with van der Waals surface area (Å²) in [5.41, 5.74) is 14.8. The van der Waals surface area contributed by atoms with E-state index in [4.69, 9.17) is 18.8 Å². The van der Waals surface area contributed by atoms with E-state index >= 15 is 0 Å². The van der Waals surface area contributed by atoms with Gasteiger partial charge in [0.15, 0.2) is 5.82 Å². The maximum atomic E-state index is 6.22. The Morgan fingerprint density at radius 2 is 0.732 bits per heavy atom. The summed E-state index contributed by atoms with van der Waals surface area (Å²) in [5, 5.41) is 4.38. The summed E-state index contributed by atoms with van der Waals surface area (Å²) in [6.07, 6.45) is 0. The van der Waals surface area contributed by atoms with E-state index in [2.05, 4.69) is 146 Å². The molecule has 3 aromatic heterocycles. The Kier molecular flexibility index (Phi) is 7.46. The summed E-state index contributed by atoms with van der Waals surface area (Å²) in [5.74, 6) is 0.672. The number of nitrogens with zero attached hydrogens (tertiary/aromatic N) is 2. The maximum absolute atomic E-state index is 6.22. The van der Waals surface area contributed by atoms with Crippen molar-refractivity contribution in [2.75, 3.05) is 0 Å². The van der Waals surface area contributed by atoms with Gasteiger partial charge in [0, 0.05) is 38.2 Å². The van der Waals surface area contributed by atoms with Crippen molar-refractivity contribution in [3.8, 4) is 67.3 Å². The predicted molar refractivity (Wildman–Crippen MR) is 229 cm³/mol. The van der Waals surface area contributed by atoms with Gasteiger partial charge in [-0.2, -0.15) is 0 Å². The Balaban J connectivity index is 1.15. The Bertz CT molecular complexity index is 3120. The van der Waals surface area contributed by atoms with Crippen LogP contribution in [0.2, 0.25) is 0 Å². The first-order valence-corrected chi connectivity index (χ1v) is 18.8. The van der Waals surface area contributed by atoms with Gasteiger partial charge in [-0.3, -0.25) is 0 Å². The summed E-state index contributed by atoms with van der Waals surface area (Å²) in [7, 11) is 0. The minimum atomic E-state index is 0.672. The Morgan fingerprint density at radius 3 is 1.34 bits per heavy atom. The highest BCUT2D eigenvalue weighted by molar-refractivity contribution is 6.07. The number of hydrogen-bond donors (Lipinski definition) is 0. The number of rotatable bonds is 6. The van der Waals surface area contributed by atoms with E-state index in [9.17, 15) is 0 Å². The van der Waals surface area contributed by atoms with Crippen molar-refractivity contribution in [2.45, 2.75) is 0 Å². The van der Waals surface area contributed by atoms with Crippen molar-refractivity contribution in [2.24, 2.45) is 0 Å². The minimum absolute atomic E-state index is 0.672. The zero-order chi connectivity index (χ0) is 37.0. The van der Waals surface area contributed by atoms with Gasteiger partial charge in [-0.15, -0.1) is 0 Å². The molecule has 0 saturated heterocycles. The lowest BCUT2D eigenvalue weighted by Crippen LogP contribution is -1.97. The molecule has 0 amide bonds. The number of aromatic nitrogens is 2. The molecule has 11 aromatic rings. The standard InChI is InChI=1S/C52H32N2O2/c1-3-13-33(14-4-1)40-17-7-8-18-41(40)47-32-46(53-52(54-47)34-15-5-2-6-16-34)39-28-37(35-23-25-50-44(30-35)42-19-9-11-21-48(42)55-50)27-38(29-39)36-24-26-51-45(31-36)43-20-10-12-22-49(43)56-51/h1-32H. The van der Waals surface area contributed by atoms with Crippen LogP contribution in [0.25, 0.3) is 111 Å². The third-order valence-corrected chi connectivity index (χ3v) is 10.7. The van der Waals surface area contributed by atoms with Gasteiger partial charge in [-0.05, 0) is 94.0 Å². The fourth-order valence-electron chi connectivity index (χ4n) is 7.95. The molecule has 0 radical (unpaired) electrons. The van der Waals surface area contributed by atoms with Crippen LogP contribution in [0.1, 0.15) is 0 Å². The summed E-state index contributed by atoms with van der Waals surface area (Å²) in [4.78, 5) is 10.5. The van der Waals surface area contributed by atoms with Crippen LogP contribution in [0.5, 0.6) is 0 Å². The second-order valence-electron chi connectivity index (χ2n) is 14.2. The Hall–Kier alpha value is -7.56. The number of benzene rings is 8. The highest BCUT2D eigenvalue weighted by Crippen LogP contribution is 2.40. The van der Waals surface area contributed by atoms with E-state index in [0.29, 0.717) is 5.82 Å². The number of para-hydroxylation sites is 2. The summed E-state index contributed by atoms with van der Waals surface area (Å²) >= 11 is 0. The van der Waals surface area contributed by atoms with Gasteiger partial charge in [-0.1, -0.05) is 133 Å². The van der Waals surface area contributed by atoms with Gasteiger partial charge < -0.3 is 8.83 Å². The van der Waals surface area contributed by atoms with E-state index in [0.717, 1.165) is 105 Å². The lowest BCUT2D eigenvalue weighted by molar-refractivity contribution is 0.668. The van der Waals surface area contributed by atoms with Crippen molar-refractivity contribution in [1.29, 1.82) is 0 Å². The number of furan rings is 2. The molecule has 3 heterocycles. The number of hydrogen-bond acceptors (Lipinski definition) is 4. The van der Waals surface area contributed by atoms with Gasteiger partial charge in [0.05, 0.1) is 11.4 Å². The topological polar surface area (TPSA) is 52.1 Å². The quantitative estimate of drug-likeness (QED) is 0.172. The molecule has 0 aliphatic carbocycles. The van der Waals surface area contributed by atoms with E-state index in [-0.39, 0.29) is 0 Å². The molecule has 11 rings (SSSR count). The van der Waals surface area contributed by atoms with Gasteiger partial charge in [0.25, 0.3) is 0 Å². The first kappa shape index (κ1) is 31.9. The van der Waals surface area contributed by atoms with Gasteiger partial charge in [0.1, 0.15) is 22.3 Å². The summed E-state index contributed by atoms with van der Waals surface area (Å²) < 4.78 is 12.4. The lowest BCUT2D eigenvalue weighted by atomic mass is 9.92. The molecule has 0 unspecified atom stereocenters. The molecule has 0 N–H and O–H groups in total. The Morgan fingerprint density at radius 1 is 0.268 bits per heavy atom. The highest BCUT2D eigenvalue weighted by Gasteiger charge is 2.17. The van der Waals surface area contributed by atoms with Crippen LogP contribution in [-0.4, -0.2) is 9.97 Å². The SMILES string of the molecule is c1ccc(-c2nc(-c3cc(-c4ccc5oc6ccccc6c5c4)cc(-c4ccc5oc6ccccc6c5c4)c3)cc(-c3ccccc3-c3ccccc3)n2)cc1. The minimum Gasteiger partial charge on any atom is -0.456 e. The average Bonchev–Trinajstić information content (AvgIpc) is 3.84. The lowest BCUT2D eigenvalue weighted by Gasteiger charge is -2.15. The smallest absolute Gasteiger partial charge is 0.160 e. The van der Waals surface area contributed by atoms with Gasteiger partial charge in [0.2, 0.25) is 0 Å². The molecule has 56 heavy (non-hydrogen) atoms. The molecule has 0 atom stereocenters. The fraction of sp³-hybridized carbons (Fsp3) is 0. The first-order chi connectivity index (χ1) is 27.7. The molecular formula is C52H32N2O2. The fourth-order valence-corrected chi connectivity index (χ4v) is 7.95. The molecule has 4 nitrogen and oxygen atoms in total. The van der Waals surface area contributed by atoms with Crippen molar-refractivity contribution in [3.63, 3.8) is 0 Å². The van der Waals surface area contributed by atoms with Gasteiger partial charge in [-0.25, -0.2) is 9.97 Å². The predicted octanol–water partition coefficient (Wildman–Crippen LogP) is 14.3. The second-order valence-corrected chi connectivity index (χ2v) is 14.2. The van der Waals surface area contributed by atoms with Crippen LogP contribution < -0.4 is 0 Å². The van der Waals surface area contributed by atoms with Gasteiger partial charge >= 0.3 is 0 Å². The Labute approximate surface area is 323 Å². The summed E-state index contributed by atoms with van der Waals surface area (Å²) in [6, 6.07) is 67.5. The molecular weight excluding hydrogens is 685 g/mol.